The second kappa shape index (κ2) is 8.52. The Morgan fingerprint density at radius 1 is 1.23 bits per heavy atom. The molecule has 0 aliphatic carbocycles. The van der Waals surface area contributed by atoms with Crippen molar-refractivity contribution in [3.8, 4) is 26.9 Å². The number of amides is 1. The number of halogens is 2. The molecule has 0 spiro atoms. The Morgan fingerprint density at radius 2 is 2.07 bits per heavy atom. The van der Waals surface area contributed by atoms with E-state index < -0.39 is 0 Å². The number of carbonyl (C=O) groups is 1. The molecule has 0 radical (unpaired) electrons. The van der Waals surface area contributed by atoms with Gasteiger partial charge in [0.05, 0.1) is 36.0 Å². The van der Waals surface area contributed by atoms with E-state index in [-0.39, 0.29) is 11.7 Å². The SMILES string of the molecule is C/C(=N\NC(=O)c1ccc(-c2nn[nH]n2)s1)c1csc(-c2ccc(Cl)c(Cl)c2)c1O. The number of hydrogen-bond donors (Lipinski definition) is 3. The molecule has 0 aliphatic rings. The molecule has 3 heterocycles. The smallest absolute Gasteiger partial charge is 0.281 e. The van der Waals surface area contributed by atoms with E-state index in [1.807, 2.05) is 0 Å². The van der Waals surface area contributed by atoms with E-state index in [0.717, 1.165) is 5.56 Å². The van der Waals surface area contributed by atoms with E-state index in [0.29, 0.717) is 41.8 Å². The summed E-state index contributed by atoms with van der Waals surface area (Å²) in [4.78, 5) is 14.2. The monoisotopic (exact) mass is 478 g/mol. The van der Waals surface area contributed by atoms with Crippen molar-refractivity contribution in [1.82, 2.24) is 26.0 Å². The Hall–Kier alpha value is -2.79. The number of nitrogens with one attached hydrogen (secondary N) is 2. The number of hydrogen-bond acceptors (Lipinski definition) is 8. The quantitative estimate of drug-likeness (QED) is 0.280. The number of nitrogens with zero attached hydrogens (tertiary/aromatic N) is 4. The van der Waals surface area contributed by atoms with E-state index in [1.54, 1.807) is 42.6 Å². The number of carbonyl (C=O) groups excluding carboxylic acids is 1. The Morgan fingerprint density at radius 3 is 2.80 bits per heavy atom. The zero-order valence-electron chi connectivity index (χ0n) is 15.2. The van der Waals surface area contributed by atoms with Gasteiger partial charge < -0.3 is 5.11 Å². The third-order valence-corrected chi connectivity index (χ3v) is 6.89. The first-order valence-corrected chi connectivity index (χ1v) is 10.8. The fourth-order valence-corrected chi connectivity index (χ4v) is 4.67. The van der Waals surface area contributed by atoms with Crippen molar-refractivity contribution in [2.45, 2.75) is 6.92 Å². The van der Waals surface area contributed by atoms with Crippen LogP contribution in [0.2, 0.25) is 10.0 Å². The normalized spacial score (nSPS) is 11.6. The number of hydrazone groups is 1. The summed E-state index contributed by atoms with van der Waals surface area (Å²) in [6.45, 7) is 1.69. The van der Waals surface area contributed by atoms with Gasteiger partial charge in [-0.25, -0.2) is 5.43 Å². The molecule has 0 atom stereocenters. The highest BCUT2D eigenvalue weighted by Gasteiger charge is 2.17. The molecule has 12 heteroatoms. The van der Waals surface area contributed by atoms with Crippen LogP contribution in [-0.2, 0) is 0 Å². The van der Waals surface area contributed by atoms with Crippen LogP contribution in [0.25, 0.3) is 21.1 Å². The van der Waals surface area contributed by atoms with Crippen LogP contribution in [0.15, 0.2) is 40.8 Å². The summed E-state index contributed by atoms with van der Waals surface area (Å²) in [6, 6.07) is 8.51. The van der Waals surface area contributed by atoms with Gasteiger partial charge in [0.15, 0.2) is 0 Å². The van der Waals surface area contributed by atoms with Gasteiger partial charge in [-0.15, -0.1) is 32.9 Å². The predicted octanol–water partition coefficient (Wildman–Crippen LogP) is 4.82. The number of thiophene rings is 2. The molecule has 30 heavy (non-hydrogen) atoms. The molecule has 0 aliphatic heterocycles. The van der Waals surface area contributed by atoms with Gasteiger partial charge in [-0.1, -0.05) is 29.3 Å². The van der Waals surface area contributed by atoms with Gasteiger partial charge in [0, 0.05) is 5.38 Å². The molecule has 152 valence electrons. The molecule has 1 amide bonds. The summed E-state index contributed by atoms with van der Waals surface area (Å²) in [5.41, 5.74) is 4.21. The molecule has 0 bridgehead atoms. The van der Waals surface area contributed by atoms with Crippen molar-refractivity contribution in [3.63, 3.8) is 0 Å². The first-order chi connectivity index (χ1) is 14.4. The lowest BCUT2D eigenvalue weighted by Crippen LogP contribution is -2.18. The van der Waals surface area contributed by atoms with Crippen molar-refractivity contribution >= 4 is 57.5 Å². The minimum Gasteiger partial charge on any atom is -0.506 e. The number of aromatic amines is 1. The lowest BCUT2D eigenvalue weighted by Gasteiger charge is -2.04. The van der Waals surface area contributed by atoms with Crippen LogP contribution in [-0.4, -0.2) is 37.3 Å². The Kier molecular flexibility index (Phi) is 5.82. The predicted molar refractivity (Wildman–Crippen MR) is 119 cm³/mol. The third kappa shape index (κ3) is 4.08. The average molecular weight is 479 g/mol. The molecule has 1 aromatic carbocycles. The van der Waals surface area contributed by atoms with Gasteiger partial charge in [0.25, 0.3) is 5.91 Å². The van der Waals surface area contributed by atoms with Gasteiger partial charge in [-0.3, -0.25) is 4.79 Å². The molecule has 0 saturated heterocycles. The van der Waals surface area contributed by atoms with Gasteiger partial charge >= 0.3 is 0 Å². The molecule has 0 unspecified atom stereocenters. The molecule has 3 aromatic heterocycles. The molecular formula is C18H12Cl2N6O2S2. The van der Waals surface area contributed by atoms with E-state index in [9.17, 15) is 9.90 Å². The lowest BCUT2D eigenvalue weighted by molar-refractivity contribution is 0.0959. The molecule has 0 saturated carbocycles. The fourth-order valence-electron chi connectivity index (χ4n) is 2.55. The third-order valence-electron chi connectivity index (χ3n) is 4.06. The second-order valence-corrected chi connectivity index (χ2v) is 8.77. The topological polar surface area (TPSA) is 116 Å². The van der Waals surface area contributed by atoms with Crippen LogP contribution < -0.4 is 5.43 Å². The summed E-state index contributed by atoms with van der Waals surface area (Å²) >= 11 is 14.6. The van der Waals surface area contributed by atoms with Crippen LogP contribution in [0.4, 0.5) is 0 Å². The molecule has 3 N–H and O–H groups in total. The summed E-state index contributed by atoms with van der Waals surface area (Å²) in [5.74, 6) is 0.0923. The van der Waals surface area contributed by atoms with E-state index in [2.05, 4.69) is 31.2 Å². The highest BCUT2D eigenvalue weighted by molar-refractivity contribution is 7.17. The highest BCUT2D eigenvalue weighted by atomic mass is 35.5. The number of aromatic hydroxyl groups is 1. The maximum atomic E-state index is 12.4. The highest BCUT2D eigenvalue weighted by Crippen LogP contribution is 2.40. The van der Waals surface area contributed by atoms with Gasteiger partial charge in [-0.05, 0) is 42.0 Å². The summed E-state index contributed by atoms with van der Waals surface area (Å²) in [6.07, 6.45) is 0. The molecule has 0 fully saturated rings. The molecule has 8 nitrogen and oxygen atoms in total. The van der Waals surface area contributed by atoms with E-state index >= 15 is 0 Å². The number of benzene rings is 1. The van der Waals surface area contributed by atoms with Crippen LogP contribution in [0.5, 0.6) is 5.75 Å². The number of H-pyrrole nitrogens is 1. The Bertz CT molecular complexity index is 1250. The fraction of sp³-hybridized carbons (Fsp3) is 0.0556. The molecular weight excluding hydrogens is 467 g/mol. The largest absolute Gasteiger partial charge is 0.506 e. The summed E-state index contributed by atoms with van der Waals surface area (Å²) in [7, 11) is 0. The zero-order chi connectivity index (χ0) is 21.3. The standard InChI is InChI=1S/C18H12Cl2N6O2S2/c1-8(10-7-29-16(15(10)27)9-2-3-11(19)12(20)6-9)21-24-18(28)14-5-4-13(30-14)17-22-25-26-23-17/h2-7,27H,1H3,(H,24,28)(H,22,23,25,26)/b21-8+. The zero-order valence-corrected chi connectivity index (χ0v) is 18.3. The summed E-state index contributed by atoms with van der Waals surface area (Å²) in [5, 5.41) is 31.0. The Balaban J connectivity index is 1.50. The molecule has 4 rings (SSSR count). The number of rotatable bonds is 5. The lowest BCUT2D eigenvalue weighted by atomic mass is 10.1. The van der Waals surface area contributed by atoms with Crippen molar-refractivity contribution in [2.75, 3.05) is 0 Å². The maximum Gasteiger partial charge on any atom is 0.281 e. The van der Waals surface area contributed by atoms with Crippen molar-refractivity contribution in [2.24, 2.45) is 5.10 Å². The van der Waals surface area contributed by atoms with Crippen molar-refractivity contribution in [3.05, 3.63) is 56.2 Å². The Labute approximate surface area is 188 Å². The minimum absolute atomic E-state index is 0.0596. The van der Waals surface area contributed by atoms with Gasteiger partial charge in [-0.2, -0.15) is 10.3 Å². The van der Waals surface area contributed by atoms with Crippen molar-refractivity contribution < 1.29 is 9.90 Å². The minimum atomic E-state index is -0.381. The van der Waals surface area contributed by atoms with E-state index in [1.165, 1.54) is 22.7 Å². The first-order valence-electron chi connectivity index (χ1n) is 8.38. The van der Waals surface area contributed by atoms with Gasteiger partial charge in [0.2, 0.25) is 5.82 Å². The average Bonchev–Trinajstić information content (AvgIpc) is 3.48. The number of aromatic nitrogens is 4. The second-order valence-electron chi connectivity index (χ2n) is 5.99. The van der Waals surface area contributed by atoms with Crippen LogP contribution >= 0.6 is 45.9 Å². The van der Waals surface area contributed by atoms with Crippen LogP contribution in [0.3, 0.4) is 0 Å². The first kappa shape index (κ1) is 20.5. The van der Waals surface area contributed by atoms with Crippen molar-refractivity contribution in [1.29, 1.82) is 0 Å². The summed E-state index contributed by atoms with van der Waals surface area (Å²) < 4.78 is 0. The maximum absolute atomic E-state index is 12.4. The van der Waals surface area contributed by atoms with Crippen LogP contribution in [0.1, 0.15) is 22.2 Å². The number of tetrazole rings is 1. The van der Waals surface area contributed by atoms with Crippen LogP contribution in [0, 0.1) is 0 Å². The molecule has 4 aromatic rings. The van der Waals surface area contributed by atoms with Gasteiger partial charge in [0.1, 0.15) is 5.75 Å². The van der Waals surface area contributed by atoms with E-state index in [4.69, 9.17) is 23.2 Å².